The second-order valence-electron chi connectivity index (χ2n) is 9.77. The molecular weight excluding hydrogens is 569 g/mol. The van der Waals surface area contributed by atoms with Crippen molar-refractivity contribution in [3.63, 3.8) is 0 Å². The molecule has 1 fully saturated rings. The number of hydrogen-bond acceptors (Lipinski definition) is 6. The summed E-state index contributed by atoms with van der Waals surface area (Å²) in [6.45, 7) is 0.527. The number of nitrogens with one attached hydrogen (secondary N) is 2. The number of H-pyrrole nitrogens is 1. The molecule has 1 unspecified atom stereocenters. The van der Waals surface area contributed by atoms with Gasteiger partial charge in [0.05, 0.1) is 12.1 Å². The minimum absolute atomic E-state index is 0.0196. The van der Waals surface area contributed by atoms with Crippen molar-refractivity contribution in [2.24, 2.45) is 5.16 Å². The number of halogens is 2. The molecule has 2 aliphatic heterocycles. The molecule has 0 radical (unpaired) electrons. The van der Waals surface area contributed by atoms with Crippen LogP contribution in [0.25, 0.3) is 21.8 Å². The summed E-state index contributed by atoms with van der Waals surface area (Å²) in [5.74, 6) is -0.841. The number of ether oxygens (including phenoxy) is 1. The largest absolute Gasteiger partial charge is 0.444 e. The molecule has 2 aromatic carbocycles. The first-order valence-electron chi connectivity index (χ1n) is 12.6. The highest BCUT2D eigenvalue weighted by Gasteiger charge is 2.42. The van der Waals surface area contributed by atoms with Crippen LogP contribution in [-0.2, 0) is 21.0 Å². The Morgan fingerprint density at radius 3 is 2.95 bits per heavy atom. The fourth-order valence-corrected chi connectivity index (χ4v) is 5.67. The minimum Gasteiger partial charge on any atom is -0.444 e. The van der Waals surface area contributed by atoms with Crippen molar-refractivity contribution >= 4 is 54.4 Å². The first kappa shape index (κ1) is 25.3. The fraction of sp³-hybridized carbons (Fsp3) is 0.286. The molecule has 2 aromatic heterocycles. The van der Waals surface area contributed by atoms with Gasteiger partial charge in [-0.15, -0.1) is 0 Å². The smallest absolute Gasteiger partial charge is 0.410 e. The van der Waals surface area contributed by atoms with Gasteiger partial charge in [0, 0.05) is 53.1 Å². The van der Waals surface area contributed by atoms with Crippen molar-refractivity contribution in [1.29, 1.82) is 0 Å². The topological polar surface area (TPSA) is 109 Å². The third-order valence-corrected chi connectivity index (χ3v) is 7.63. The van der Waals surface area contributed by atoms with E-state index in [9.17, 15) is 14.0 Å². The first-order valence-corrected chi connectivity index (χ1v) is 13.4. The Bertz CT molecular complexity index is 1590. The third kappa shape index (κ3) is 5.31. The van der Waals surface area contributed by atoms with Crippen LogP contribution in [0.1, 0.15) is 29.9 Å². The molecule has 1 saturated heterocycles. The van der Waals surface area contributed by atoms with E-state index in [1.807, 2.05) is 36.5 Å². The quantitative estimate of drug-likeness (QED) is 0.328. The number of amides is 2. The number of aromatic amines is 1. The van der Waals surface area contributed by atoms with Crippen molar-refractivity contribution < 1.29 is 23.6 Å². The fourth-order valence-electron chi connectivity index (χ4n) is 5.22. The molecule has 4 aromatic rings. The Balaban J connectivity index is 1.19. The summed E-state index contributed by atoms with van der Waals surface area (Å²) >= 11 is 3.29. The van der Waals surface area contributed by atoms with Crippen LogP contribution in [0, 0.1) is 5.82 Å². The average molecular weight is 594 g/mol. The van der Waals surface area contributed by atoms with Crippen LogP contribution in [0.3, 0.4) is 0 Å². The summed E-state index contributed by atoms with van der Waals surface area (Å²) in [6.07, 6.45) is 3.54. The summed E-state index contributed by atoms with van der Waals surface area (Å²) in [4.78, 5) is 41.0. The van der Waals surface area contributed by atoms with Crippen molar-refractivity contribution in [1.82, 2.24) is 20.2 Å². The van der Waals surface area contributed by atoms with Crippen molar-refractivity contribution in [3.8, 4) is 0 Å². The number of carbonyl (C=O) groups is 2. The Kier molecular flexibility index (Phi) is 6.90. The van der Waals surface area contributed by atoms with E-state index >= 15 is 0 Å². The number of pyridine rings is 1. The van der Waals surface area contributed by atoms with Gasteiger partial charge in [-0.1, -0.05) is 23.4 Å². The number of oxime groups is 1. The maximum absolute atomic E-state index is 14.0. The molecule has 0 bridgehead atoms. The highest BCUT2D eigenvalue weighted by Crippen LogP contribution is 2.36. The SMILES string of the molecule is O=C(NCC1CC(Br)=NO1)[C@@H]1C[C@@H](c2c[nH]c3ccc(F)cc23)CN1C(=O)OCc1cnc2ccccc2c1. The second kappa shape index (κ2) is 10.6. The average Bonchev–Trinajstić information content (AvgIpc) is 3.68. The number of fused-ring (bicyclic) bond motifs is 2. The van der Waals surface area contributed by atoms with E-state index in [4.69, 9.17) is 9.57 Å². The van der Waals surface area contributed by atoms with E-state index in [1.165, 1.54) is 17.0 Å². The van der Waals surface area contributed by atoms with E-state index in [1.54, 1.807) is 12.3 Å². The molecule has 2 amide bonds. The monoisotopic (exact) mass is 593 g/mol. The number of rotatable bonds is 6. The van der Waals surface area contributed by atoms with Crippen LogP contribution < -0.4 is 5.32 Å². The van der Waals surface area contributed by atoms with Gasteiger partial charge in [-0.3, -0.25) is 14.7 Å². The predicted octanol–water partition coefficient (Wildman–Crippen LogP) is 4.96. The Morgan fingerprint density at radius 1 is 1.23 bits per heavy atom. The molecular formula is C28H25BrFN5O4. The Hall–Kier alpha value is -3.99. The van der Waals surface area contributed by atoms with E-state index < -0.39 is 12.1 Å². The molecule has 3 atom stereocenters. The number of para-hydroxylation sites is 1. The zero-order chi connectivity index (χ0) is 26.9. The molecule has 11 heteroatoms. The molecule has 39 heavy (non-hydrogen) atoms. The van der Waals surface area contributed by atoms with Crippen molar-refractivity contribution in [3.05, 3.63) is 77.9 Å². The molecule has 9 nitrogen and oxygen atoms in total. The molecule has 2 N–H and O–H groups in total. The van der Waals surface area contributed by atoms with Gasteiger partial charge in [0.15, 0.2) is 6.10 Å². The molecule has 4 heterocycles. The molecule has 0 aliphatic carbocycles. The van der Waals surface area contributed by atoms with Gasteiger partial charge < -0.3 is 19.9 Å². The maximum atomic E-state index is 14.0. The summed E-state index contributed by atoms with van der Waals surface area (Å²) in [5.41, 5.74) is 3.24. The van der Waals surface area contributed by atoms with E-state index in [0.717, 1.165) is 32.9 Å². The third-order valence-electron chi connectivity index (χ3n) is 7.16. The van der Waals surface area contributed by atoms with E-state index in [2.05, 4.69) is 36.4 Å². The summed E-state index contributed by atoms with van der Waals surface area (Å²) in [6, 6.07) is 13.4. The first-order chi connectivity index (χ1) is 18.9. The van der Waals surface area contributed by atoms with Gasteiger partial charge in [0.25, 0.3) is 0 Å². The predicted molar refractivity (Wildman–Crippen MR) is 147 cm³/mol. The van der Waals surface area contributed by atoms with Gasteiger partial charge in [0.2, 0.25) is 5.91 Å². The van der Waals surface area contributed by atoms with Gasteiger partial charge in [-0.25, -0.2) is 9.18 Å². The number of hydrogen-bond donors (Lipinski definition) is 2. The number of nitrogens with zero attached hydrogens (tertiary/aromatic N) is 3. The van der Waals surface area contributed by atoms with E-state index in [-0.39, 0.29) is 43.4 Å². The van der Waals surface area contributed by atoms with Gasteiger partial charge >= 0.3 is 6.09 Å². The summed E-state index contributed by atoms with van der Waals surface area (Å²) in [5, 5.41) is 8.42. The zero-order valence-electron chi connectivity index (χ0n) is 20.8. The zero-order valence-corrected chi connectivity index (χ0v) is 22.4. The Morgan fingerprint density at radius 2 is 2.10 bits per heavy atom. The van der Waals surface area contributed by atoms with E-state index in [0.29, 0.717) is 17.5 Å². The van der Waals surface area contributed by atoms with Crippen LogP contribution in [0.4, 0.5) is 9.18 Å². The lowest BCUT2D eigenvalue weighted by molar-refractivity contribution is -0.125. The number of carbonyl (C=O) groups excluding carboxylic acids is 2. The standard InChI is InChI=1S/C28H25BrFN5O4/c29-26-10-20(39-34-26)12-33-27(36)25-8-18(22-13-32-24-6-5-19(30)9-21(22)24)14-35(25)28(37)38-15-16-7-17-3-1-2-4-23(17)31-11-16/h1-7,9,11,13,18,20,25,32H,8,10,12,14-15H2,(H,33,36)/t18-,20?,25+/m1/s1. The molecule has 6 rings (SSSR count). The molecule has 200 valence electrons. The normalized spacial score (nSPS) is 20.7. The minimum atomic E-state index is -0.763. The molecule has 2 aliphatic rings. The Labute approximate surface area is 231 Å². The highest BCUT2D eigenvalue weighted by molar-refractivity contribution is 9.18. The van der Waals surface area contributed by atoms with Crippen LogP contribution in [0.2, 0.25) is 0 Å². The summed E-state index contributed by atoms with van der Waals surface area (Å²) < 4.78 is 20.4. The molecule has 0 saturated carbocycles. The van der Waals surface area contributed by atoms with Crippen LogP contribution in [0.15, 0.2) is 66.1 Å². The van der Waals surface area contributed by atoms with Gasteiger partial charge in [0.1, 0.15) is 23.1 Å². The van der Waals surface area contributed by atoms with Gasteiger partial charge in [-0.05, 0) is 58.2 Å². The van der Waals surface area contributed by atoms with Crippen LogP contribution >= 0.6 is 15.9 Å². The summed E-state index contributed by atoms with van der Waals surface area (Å²) in [7, 11) is 0. The van der Waals surface area contributed by atoms with Crippen molar-refractivity contribution in [2.75, 3.05) is 13.1 Å². The lowest BCUT2D eigenvalue weighted by Crippen LogP contribution is -2.47. The number of likely N-dealkylation sites (tertiary alicyclic amines) is 1. The molecule has 0 spiro atoms. The highest BCUT2D eigenvalue weighted by atomic mass is 79.9. The number of benzene rings is 2. The van der Waals surface area contributed by atoms with Gasteiger partial charge in [-0.2, -0.15) is 0 Å². The lowest BCUT2D eigenvalue weighted by atomic mass is 9.95. The maximum Gasteiger partial charge on any atom is 0.410 e. The number of aromatic nitrogens is 2. The second-order valence-corrected chi connectivity index (χ2v) is 10.7. The van der Waals surface area contributed by atoms with Crippen LogP contribution in [-0.4, -0.2) is 56.7 Å². The van der Waals surface area contributed by atoms with Crippen LogP contribution in [0.5, 0.6) is 0 Å². The lowest BCUT2D eigenvalue weighted by Gasteiger charge is -2.23. The van der Waals surface area contributed by atoms with Crippen molar-refractivity contribution in [2.45, 2.75) is 37.5 Å².